The number of fused-ring (bicyclic) bond motifs is 2. The summed E-state index contributed by atoms with van der Waals surface area (Å²) in [6, 6.07) is 6.43. The van der Waals surface area contributed by atoms with Gasteiger partial charge in [0.2, 0.25) is 6.29 Å². The fraction of sp³-hybridized carbons (Fsp3) is 0.667. The molecule has 3 spiro atoms. The van der Waals surface area contributed by atoms with E-state index in [9.17, 15) is 9.90 Å². The van der Waals surface area contributed by atoms with Crippen LogP contribution in [0.15, 0.2) is 24.3 Å². The van der Waals surface area contributed by atoms with E-state index in [1.165, 1.54) is 6.07 Å². The number of epoxide rings is 1. The van der Waals surface area contributed by atoms with Crippen molar-refractivity contribution in [1.82, 2.24) is 0 Å². The number of carbonyl (C=O) groups excluding carboxylic acids is 1. The molecule has 4 saturated heterocycles. The Bertz CT molecular complexity index is 897. The quantitative estimate of drug-likeness (QED) is 0.553. The van der Waals surface area contributed by atoms with Gasteiger partial charge in [-0.1, -0.05) is 24.6 Å². The third-order valence-electron chi connectivity index (χ3n) is 7.58. The lowest BCUT2D eigenvalue weighted by Crippen LogP contribution is -2.75. The van der Waals surface area contributed by atoms with Crippen LogP contribution < -0.4 is 0 Å². The summed E-state index contributed by atoms with van der Waals surface area (Å²) < 4.78 is 36.0. The molecule has 1 aromatic carbocycles. The number of halogens is 1. The highest BCUT2D eigenvalue weighted by molar-refractivity contribution is 6.30. The number of ether oxygens (including phenoxy) is 6. The van der Waals surface area contributed by atoms with Gasteiger partial charge in [0, 0.05) is 17.9 Å². The molecule has 5 fully saturated rings. The van der Waals surface area contributed by atoms with Crippen LogP contribution in [0.2, 0.25) is 5.02 Å². The maximum absolute atomic E-state index is 12.7. The van der Waals surface area contributed by atoms with Crippen molar-refractivity contribution in [2.24, 2.45) is 5.41 Å². The van der Waals surface area contributed by atoms with Gasteiger partial charge in [-0.25, -0.2) is 4.79 Å². The molecule has 162 valence electrons. The molecule has 4 heterocycles. The molecule has 0 unspecified atom stereocenters. The molecule has 6 atom stereocenters. The second kappa shape index (κ2) is 6.16. The lowest BCUT2D eigenvalue weighted by atomic mass is 9.54. The van der Waals surface area contributed by atoms with E-state index in [-0.39, 0.29) is 5.56 Å². The SMILES string of the molecule is C[C@]12C[C@@H]3O[C@H](OC(=O)c4cccc(Cl)c4)[C@@H](O)[C@]1(O3)[C@@]1(CCC23OCCO3)CO1. The summed E-state index contributed by atoms with van der Waals surface area (Å²) >= 11 is 5.99. The van der Waals surface area contributed by atoms with E-state index in [2.05, 4.69) is 0 Å². The first kappa shape index (κ1) is 19.4. The van der Waals surface area contributed by atoms with Crippen molar-refractivity contribution in [2.45, 2.75) is 61.9 Å². The Morgan fingerprint density at radius 1 is 1.23 bits per heavy atom. The van der Waals surface area contributed by atoms with E-state index in [4.69, 9.17) is 40.0 Å². The fourth-order valence-corrected chi connectivity index (χ4v) is 6.33. The first-order chi connectivity index (χ1) is 14.3. The summed E-state index contributed by atoms with van der Waals surface area (Å²) in [5, 5.41) is 11.9. The molecule has 0 amide bonds. The zero-order valence-electron chi connectivity index (χ0n) is 16.5. The number of rotatable bonds is 2. The van der Waals surface area contributed by atoms with Gasteiger partial charge >= 0.3 is 5.97 Å². The highest BCUT2D eigenvalue weighted by atomic mass is 35.5. The maximum atomic E-state index is 12.7. The van der Waals surface area contributed by atoms with Crippen LogP contribution in [0.3, 0.4) is 0 Å². The highest BCUT2D eigenvalue weighted by Gasteiger charge is 2.86. The van der Waals surface area contributed by atoms with Crippen LogP contribution in [0.1, 0.15) is 36.5 Å². The Labute approximate surface area is 178 Å². The van der Waals surface area contributed by atoms with Crippen molar-refractivity contribution in [3.05, 3.63) is 34.9 Å². The molecule has 30 heavy (non-hydrogen) atoms. The minimum absolute atomic E-state index is 0.275. The molecule has 1 aromatic rings. The normalized spacial score (nSPS) is 45.5. The molecular weight excluding hydrogens is 416 g/mol. The van der Waals surface area contributed by atoms with Crippen LogP contribution in [-0.2, 0) is 28.4 Å². The van der Waals surface area contributed by atoms with Gasteiger partial charge in [0.15, 0.2) is 12.1 Å². The molecule has 1 N–H and O–H groups in total. The Hall–Kier alpha value is -1.26. The van der Waals surface area contributed by atoms with Crippen molar-refractivity contribution < 1.29 is 38.3 Å². The second-order valence-corrected chi connectivity index (χ2v) is 9.35. The Morgan fingerprint density at radius 3 is 2.70 bits per heavy atom. The number of aliphatic hydroxyl groups is 1. The number of hydrogen-bond acceptors (Lipinski definition) is 8. The number of carbonyl (C=O) groups is 1. The van der Waals surface area contributed by atoms with Crippen LogP contribution >= 0.6 is 11.6 Å². The summed E-state index contributed by atoms with van der Waals surface area (Å²) in [4.78, 5) is 12.7. The average molecular weight is 439 g/mol. The van der Waals surface area contributed by atoms with Gasteiger partial charge in [0.05, 0.1) is 30.8 Å². The number of esters is 1. The lowest BCUT2D eigenvalue weighted by Gasteiger charge is -2.59. The Balaban J connectivity index is 1.36. The molecule has 5 aliphatic rings. The van der Waals surface area contributed by atoms with Crippen LogP contribution in [0.4, 0.5) is 0 Å². The van der Waals surface area contributed by atoms with Crippen LogP contribution in [0, 0.1) is 5.41 Å². The largest absolute Gasteiger partial charge is 0.429 e. The Morgan fingerprint density at radius 2 is 2.00 bits per heavy atom. The summed E-state index contributed by atoms with van der Waals surface area (Å²) in [5.41, 5.74) is -2.32. The molecule has 1 aliphatic carbocycles. The third kappa shape index (κ3) is 2.25. The second-order valence-electron chi connectivity index (χ2n) is 8.92. The standard InChI is InChI=1S/C21H23ClO8/c1-18-10-14-28-17(29-16(24)12-3-2-4-13(22)9-12)15(23)21(18,30-14)19(11-27-19)5-6-20(18)25-7-8-26-20/h2-4,9,14-15,17,23H,5-8,10-11H2,1H3/t14-,15-,17-,18-,19-,21-/m1/s1. The molecule has 8 nitrogen and oxygen atoms in total. The van der Waals surface area contributed by atoms with E-state index in [1.807, 2.05) is 6.92 Å². The summed E-state index contributed by atoms with van der Waals surface area (Å²) in [7, 11) is 0. The lowest BCUT2D eigenvalue weighted by molar-refractivity contribution is -0.387. The average Bonchev–Trinajstić information content (AvgIpc) is 3.24. The molecule has 0 aromatic heterocycles. The minimum atomic E-state index is -1.28. The first-order valence-electron chi connectivity index (χ1n) is 10.2. The first-order valence-corrected chi connectivity index (χ1v) is 10.6. The monoisotopic (exact) mass is 438 g/mol. The predicted octanol–water partition coefficient (Wildman–Crippen LogP) is 2.01. The number of hydrogen-bond donors (Lipinski definition) is 1. The summed E-state index contributed by atoms with van der Waals surface area (Å²) in [6.07, 6.45) is -1.49. The van der Waals surface area contributed by atoms with Gasteiger partial charge in [-0.3, -0.25) is 0 Å². The third-order valence-corrected chi connectivity index (χ3v) is 7.81. The van der Waals surface area contributed by atoms with Gasteiger partial charge in [0.1, 0.15) is 17.3 Å². The van der Waals surface area contributed by atoms with Gasteiger partial charge in [-0.2, -0.15) is 0 Å². The van der Waals surface area contributed by atoms with E-state index < -0.39 is 47.1 Å². The van der Waals surface area contributed by atoms with Crippen molar-refractivity contribution >= 4 is 17.6 Å². The summed E-state index contributed by atoms with van der Waals surface area (Å²) in [6.45, 7) is 3.41. The van der Waals surface area contributed by atoms with E-state index in [1.54, 1.807) is 18.2 Å². The zero-order valence-corrected chi connectivity index (χ0v) is 17.2. The smallest absolute Gasteiger partial charge is 0.340 e. The molecule has 0 radical (unpaired) electrons. The van der Waals surface area contributed by atoms with E-state index >= 15 is 0 Å². The molecule has 6 rings (SSSR count). The van der Waals surface area contributed by atoms with Crippen LogP contribution in [-0.4, -0.2) is 66.6 Å². The van der Waals surface area contributed by atoms with Gasteiger partial charge in [0.25, 0.3) is 0 Å². The Kier molecular flexibility index (Phi) is 3.99. The highest BCUT2D eigenvalue weighted by Crippen LogP contribution is 2.71. The van der Waals surface area contributed by atoms with Crippen LogP contribution in [0.25, 0.3) is 0 Å². The molecule has 4 aliphatic heterocycles. The van der Waals surface area contributed by atoms with Crippen LogP contribution in [0.5, 0.6) is 0 Å². The van der Waals surface area contributed by atoms with Crippen molar-refractivity contribution in [2.75, 3.05) is 19.8 Å². The zero-order chi connectivity index (χ0) is 20.8. The van der Waals surface area contributed by atoms with E-state index in [0.29, 0.717) is 44.1 Å². The van der Waals surface area contributed by atoms with Gasteiger partial charge in [-0.05, 0) is 24.6 Å². The molecule has 1 saturated carbocycles. The topological polar surface area (TPSA) is 96.0 Å². The molecule has 2 bridgehead atoms. The number of benzene rings is 1. The van der Waals surface area contributed by atoms with Crippen molar-refractivity contribution in [1.29, 1.82) is 0 Å². The summed E-state index contributed by atoms with van der Waals surface area (Å²) in [5.74, 6) is -1.53. The van der Waals surface area contributed by atoms with Crippen molar-refractivity contribution in [3.8, 4) is 0 Å². The minimum Gasteiger partial charge on any atom is -0.429 e. The molecular formula is C21H23ClO8. The predicted molar refractivity (Wildman–Crippen MR) is 101 cm³/mol. The van der Waals surface area contributed by atoms with E-state index in [0.717, 1.165) is 0 Å². The van der Waals surface area contributed by atoms with Gasteiger partial charge in [-0.15, -0.1) is 0 Å². The van der Waals surface area contributed by atoms with Crippen molar-refractivity contribution in [3.63, 3.8) is 0 Å². The molecule has 9 heteroatoms. The maximum Gasteiger partial charge on any atom is 0.340 e. The van der Waals surface area contributed by atoms with Gasteiger partial charge < -0.3 is 33.5 Å². The number of aliphatic hydroxyl groups excluding tert-OH is 1. The fourth-order valence-electron chi connectivity index (χ4n) is 6.14.